The molecule has 0 aliphatic carbocycles. The number of aliphatic hydroxyl groups excluding tert-OH is 1. The van der Waals surface area contributed by atoms with Crippen molar-refractivity contribution in [3.8, 4) is 0 Å². The molecule has 0 bridgehead atoms. The van der Waals surface area contributed by atoms with E-state index in [-0.39, 0.29) is 5.69 Å². The van der Waals surface area contributed by atoms with Gasteiger partial charge in [-0.1, -0.05) is 30.3 Å². The van der Waals surface area contributed by atoms with E-state index < -0.39 is 17.6 Å². The van der Waals surface area contributed by atoms with Crippen molar-refractivity contribution in [1.82, 2.24) is 14.9 Å². The van der Waals surface area contributed by atoms with Crippen LogP contribution in [-0.2, 0) is 10.3 Å². The molecule has 2 heterocycles. The molecule has 0 unspecified atom stereocenters. The Morgan fingerprint density at radius 3 is 2.59 bits per heavy atom. The number of ether oxygens (including phenoxy) is 1. The number of aromatic nitrogens is 2. The molecule has 27 heavy (non-hydrogen) atoms. The average molecular weight is 370 g/mol. The number of aryl methyl sites for hydroxylation is 1. The molecule has 1 aromatic heterocycles. The molecule has 0 saturated carbocycles. The molecule has 3 rings (SSSR count). The number of methoxy groups -OCH3 is 1. The summed E-state index contributed by atoms with van der Waals surface area (Å²) in [5, 5.41) is 11.1. The summed E-state index contributed by atoms with van der Waals surface area (Å²) >= 11 is 0. The summed E-state index contributed by atoms with van der Waals surface area (Å²) < 4.78 is 4.77. The van der Waals surface area contributed by atoms with Crippen LogP contribution in [-0.4, -0.2) is 66.3 Å². The molecule has 1 fully saturated rings. The minimum absolute atomic E-state index is 0.224. The number of hydrogen-bond donors (Lipinski definition) is 1. The highest BCUT2D eigenvalue weighted by molar-refractivity contribution is 5.87. The zero-order chi connectivity index (χ0) is 19.6. The van der Waals surface area contributed by atoms with Gasteiger partial charge in [0.2, 0.25) is 5.95 Å². The molecule has 7 nitrogen and oxygen atoms in total. The van der Waals surface area contributed by atoms with Crippen molar-refractivity contribution in [1.29, 1.82) is 0 Å². The highest BCUT2D eigenvalue weighted by Gasteiger charge is 2.46. The van der Waals surface area contributed by atoms with Gasteiger partial charge in [-0.15, -0.1) is 0 Å². The zero-order valence-electron chi connectivity index (χ0n) is 16.2. The van der Waals surface area contributed by atoms with Gasteiger partial charge in [-0.25, -0.2) is 14.8 Å². The Balaban J connectivity index is 1.91. The Bertz CT molecular complexity index is 812. The first-order chi connectivity index (χ1) is 12.9. The molecule has 1 aromatic carbocycles. The van der Waals surface area contributed by atoms with Crippen molar-refractivity contribution in [2.75, 3.05) is 39.2 Å². The maximum absolute atomic E-state index is 11.9. The predicted octanol–water partition coefficient (Wildman–Crippen LogP) is 1.60. The lowest BCUT2D eigenvalue weighted by molar-refractivity contribution is -0.0248. The number of piperidine rings is 1. The summed E-state index contributed by atoms with van der Waals surface area (Å²) in [6.45, 7) is 2.84. The second kappa shape index (κ2) is 7.62. The van der Waals surface area contributed by atoms with Crippen molar-refractivity contribution in [2.45, 2.75) is 25.0 Å². The number of β-amino-alcohol motifs (C(OH)–C–C–N with tert-alkyl or cyclic N) is 1. The van der Waals surface area contributed by atoms with E-state index in [1.165, 1.54) is 7.11 Å². The molecule has 1 N–H and O–H groups in total. The van der Waals surface area contributed by atoms with E-state index in [4.69, 9.17) is 4.74 Å². The van der Waals surface area contributed by atoms with E-state index in [1.54, 1.807) is 6.07 Å². The summed E-state index contributed by atoms with van der Waals surface area (Å²) in [5.41, 5.74) is 1.51. The van der Waals surface area contributed by atoms with Crippen LogP contribution in [0.15, 0.2) is 36.4 Å². The lowest BCUT2D eigenvalue weighted by atomic mass is 9.77. The Morgan fingerprint density at radius 2 is 2.00 bits per heavy atom. The summed E-state index contributed by atoms with van der Waals surface area (Å²) in [6.07, 6.45) is 0.0603. The van der Waals surface area contributed by atoms with Crippen LogP contribution in [0.3, 0.4) is 0 Å². The lowest BCUT2D eigenvalue weighted by Crippen LogP contribution is -2.60. The van der Waals surface area contributed by atoms with Crippen molar-refractivity contribution in [3.05, 3.63) is 53.3 Å². The van der Waals surface area contributed by atoms with Gasteiger partial charge >= 0.3 is 5.97 Å². The van der Waals surface area contributed by atoms with E-state index in [2.05, 4.69) is 27.0 Å². The van der Waals surface area contributed by atoms with Gasteiger partial charge in [-0.05, 0) is 39.1 Å². The predicted molar refractivity (Wildman–Crippen MR) is 103 cm³/mol. The fourth-order valence-electron chi connectivity index (χ4n) is 3.85. The van der Waals surface area contributed by atoms with Crippen LogP contribution in [0.5, 0.6) is 0 Å². The van der Waals surface area contributed by atoms with Gasteiger partial charge in [-0.3, -0.25) is 4.90 Å². The van der Waals surface area contributed by atoms with Crippen molar-refractivity contribution in [3.63, 3.8) is 0 Å². The van der Waals surface area contributed by atoms with Gasteiger partial charge in [0.1, 0.15) is 0 Å². The molecular weight excluding hydrogens is 344 g/mol. The fourth-order valence-corrected chi connectivity index (χ4v) is 3.85. The monoisotopic (exact) mass is 370 g/mol. The van der Waals surface area contributed by atoms with Crippen molar-refractivity contribution in [2.24, 2.45) is 0 Å². The smallest absolute Gasteiger partial charge is 0.356 e. The third-order valence-electron chi connectivity index (χ3n) is 5.30. The second-order valence-corrected chi connectivity index (χ2v) is 7.08. The fraction of sp³-hybridized carbons (Fsp3) is 0.450. The Hall–Kier alpha value is -2.51. The van der Waals surface area contributed by atoms with Crippen LogP contribution in [0.4, 0.5) is 5.95 Å². The summed E-state index contributed by atoms with van der Waals surface area (Å²) in [4.78, 5) is 24.7. The number of nitrogens with zero attached hydrogens (tertiary/aromatic N) is 4. The molecule has 1 saturated heterocycles. The van der Waals surface area contributed by atoms with Crippen LogP contribution in [0.1, 0.15) is 28.2 Å². The molecular formula is C20H26N4O3. The van der Waals surface area contributed by atoms with E-state index in [0.717, 1.165) is 5.56 Å². The highest BCUT2D eigenvalue weighted by Crippen LogP contribution is 2.38. The number of esters is 1. The standard InChI is InChI=1S/C20H26N4O3/c1-14-12-16(18(26)27-4)22-19(21-14)24-11-10-20(23(2)3,17(25)13-24)15-8-6-5-7-9-15/h5-9,12,17,25H,10-11,13H2,1-4H3/t17-,20+/m1/s1. The van der Waals surface area contributed by atoms with E-state index in [0.29, 0.717) is 31.2 Å². The molecule has 1 aliphatic heterocycles. The van der Waals surface area contributed by atoms with Gasteiger partial charge in [0.25, 0.3) is 0 Å². The number of anilines is 1. The van der Waals surface area contributed by atoms with E-state index in [9.17, 15) is 9.90 Å². The molecule has 0 radical (unpaired) electrons. The largest absolute Gasteiger partial charge is 0.464 e. The normalized spacial score (nSPS) is 22.7. The Labute approximate surface area is 159 Å². The number of hydrogen-bond acceptors (Lipinski definition) is 7. The van der Waals surface area contributed by atoms with Gasteiger partial charge in [0.15, 0.2) is 5.69 Å². The van der Waals surface area contributed by atoms with Crippen molar-refractivity contribution < 1.29 is 14.6 Å². The minimum atomic E-state index is -0.644. The van der Waals surface area contributed by atoms with Crippen LogP contribution < -0.4 is 4.90 Å². The van der Waals surface area contributed by atoms with Gasteiger partial charge < -0.3 is 14.7 Å². The Kier molecular flexibility index (Phi) is 5.43. The molecule has 0 amide bonds. The third-order valence-corrected chi connectivity index (χ3v) is 5.30. The second-order valence-electron chi connectivity index (χ2n) is 7.08. The highest BCUT2D eigenvalue weighted by atomic mass is 16.5. The number of benzene rings is 1. The molecule has 0 spiro atoms. The molecule has 2 aromatic rings. The number of aliphatic hydroxyl groups is 1. The SMILES string of the molecule is COC(=O)c1cc(C)nc(N2CC[C@@](c3ccccc3)(N(C)C)[C@H](O)C2)n1. The number of carbonyl (C=O) groups excluding carboxylic acids is 1. The minimum Gasteiger partial charge on any atom is -0.464 e. The third kappa shape index (κ3) is 3.52. The summed E-state index contributed by atoms with van der Waals surface area (Å²) in [5.74, 6) is -0.0545. The van der Waals surface area contributed by atoms with Crippen molar-refractivity contribution >= 4 is 11.9 Å². The Morgan fingerprint density at radius 1 is 1.30 bits per heavy atom. The quantitative estimate of drug-likeness (QED) is 0.819. The van der Waals surface area contributed by atoms with E-state index >= 15 is 0 Å². The number of carbonyl (C=O) groups is 1. The first-order valence-electron chi connectivity index (χ1n) is 8.98. The lowest BCUT2D eigenvalue weighted by Gasteiger charge is -2.49. The first kappa shape index (κ1) is 19.3. The average Bonchev–Trinajstić information content (AvgIpc) is 2.67. The molecule has 144 valence electrons. The van der Waals surface area contributed by atoms with Crippen LogP contribution >= 0.6 is 0 Å². The summed E-state index contributed by atoms with van der Waals surface area (Å²) in [7, 11) is 5.31. The summed E-state index contributed by atoms with van der Waals surface area (Å²) in [6, 6.07) is 11.7. The molecule has 1 aliphatic rings. The van der Waals surface area contributed by atoms with Gasteiger partial charge in [-0.2, -0.15) is 0 Å². The maximum atomic E-state index is 11.9. The zero-order valence-corrected chi connectivity index (χ0v) is 16.2. The maximum Gasteiger partial charge on any atom is 0.356 e. The molecule has 7 heteroatoms. The first-order valence-corrected chi connectivity index (χ1v) is 8.98. The molecule has 2 atom stereocenters. The number of rotatable bonds is 4. The van der Waals surface area contributed by atoms with Crippen LogP contribution in [0, 0.1) is 6.92 Å². The van der Waals surface area contributed by atoms with Crippen LogP contribution in [0.2, 0.25) is 0 Å². The number of likely N-dealkylation sites (N-methyl/N-ethyl adjacent to an activating group) is 1. The van der Waals surface area contributed by atoms with Crippen LogP contribution in [0.25, 0.3) is 0 Å². The van der Waals surface area contributed by atoms with Gasteiger partial charge in [0.05, 0.1) is 18.8 Å². The topological polar surface area (TPSA) is 78.8 Å². The van der Waals surface area contributed by atoms with E-state index in [1.807, 2.05) is 44.1 Å². The van der Waals surface area contributed by atoms with Gasteiger partial charge in [0, 0.05) is 18.8 Å².